The molecule has 1 rings (SSSR count). The van der Waals surface area contributed by atoms with Crippen LogP contribution < -0.4 is 0 Å². The van der Waals surface area contributed by atoms with E-state index in [2.05, 4.69) is 16.9 Å². The molecule has 0 aliphatic heterocycles. The average molecular weight is 139 g/mol. The van der Waals surface area contributed by atoms with E-state index in [0.29, 0.717) is 6.54 Å². The topological polar surface area (TPSA) is 50.9 Å². The standard InChI is InChI=1S/C6H9N3O/c1-2-6-5-7-8-9(6)3-4-10/h2,5,10H,1,3-4H2. The molecule has 0 unspecified atom stereocenters. The van der Waals surface area contributed by atoms with Crippen LogP contribution in [0.2, 0.25) is 0 Å². The van der Waals surface area contributed by atoms with E-state index in [1.807, 2.05) is 0 Å². The van der Waals surface area contributed by atoms with Crippen LogP contribution in [0.5, 0.6) is 0 Å². The van der Waals surface area contributed by atoms with Gasteiger partial charge in [-0.2, -0.15) is 0 Å². The fourth-order valence-corrected chi connectivity index (χ4v) is 0.692. The van der Waals surface area contributed by atoms with Gasteiger partial charge in [0.1, 0.15) is 0 Å². The summed E-state index contributed by atoms with van der Waals surface area (Å²) in [4.78, 5) is 0. The maximum atomic E-state index is 8.54. The summed E-state index contributed by atoms with van der Waals surface area (Å²) in [5, 5.41) is 15.9. The van der Waals surface area contributed by atoms with E-state index < -0.39 is 0 Å². The van der Waals surface area contributed by atoms with Crippen molar-refractivity contribution in [3.63, 3.8) is 0 Å². The van der Waals surface area contributed by atoms with Crippen molar-refractivity contribution in [2.24, 2.45) is 0 Å². The van der Waals surface area contributed by atoms with Crippen LogP contribution in [-0.4, -0.2) is 26.7 Å². The van der Waals surface area contributed by atoms with Crippen molar-refractivity contribution in [2.75, 3.05) is 6.61 Å². The van der Waals surface area contributed by atoms with Crippen LogP contribution in [0.15, 0.2) is 12.8 Å². The second-order valence-corrected chi connectivity index (χ2v) is 1.81. The Kier molecular flexibility index (Phi) is 2.17. The van der Waals surface area contributed by atoms with Gasteiger partial charge in [0, 0.05) is 0 Å². The summed E-state index contributed by atoms with van der Waals surface area (Å²) in [5.74, 6) is 0. The van der Waals surface area contributed by atoms with E-state index in [4.69, 9.17) is 5.11 Å². The molecule has 54 valence electrons. The first-order chi connectivity index (χ1) is 4.88. The lowest BCUT2D eigenvalue weighted by Gasteiger charge is -1.96. The molecule has 0 atom stereocenters. The van der Waals surface area contributed by atoms with E-state index >= 15 is 0 Å². The van der Waals surface area contributed by atoms with Crippen molar-refractivity contribution < 1.29 is 5.11 Å². The second-order valence-electron chi connectivity index (χ2n) is 1.81. The Hall–Kier alpha value is -1.16. The van der Waals surface area contributed by atoms with Crippen LogP contribution in [0.25, 0.3) is 6.08 Å². The Morgan fingerprint density at radius 3 is 3.20 bits per heavy atom. The molecule has 0 amide bonds. The summed E-state index contributed by atoms with van der Waals surface area (Å²) in [6, 6.07) is 0. The van der Waals surface area contributed by atoms with Crippen LogP contribution in [0.4, 0.5) is 0 Å². The molecule has 1 aromatic rings. The van der Waals surface area contributed by atoms with Gasteiger partial charge in [-0.15, -0.1) is 5.10 Å². The maximum absolute atomic E-state index is 8.54. The first-order valence-electron chi connectivity index (χ1n) is 3.00. The van der Waals surface area contributed by atoms with Crippen molar-refractivity contribution in [3.8, 4) is 0 Å². The Morgan fingerprint density at radius 1 is 1.80 bits per heavy atom. The molecule has 10 heavy (non-hydrogen) atoms. The zero-order chi connectivity index (χ0) is 7.40. The molecule has 0 spiro atoms. The molecule has 4 heteroatoms. The highest BCUT2D eigenvalue weighted by molar-refractivity contribution is 5.39. The summed E-state index contributed by atoms with van der Waals surface area (Å²) in [6.45, 7) is 4.11. The van der Waals surface area contributed by atoms with Crippen molar-refractivity contribution in [3.05, 3.63) is 18.5 Å². The van der Waals surface area contributed by atoms with Crippen molar-refractivity contribution in [1.82, 2.24) is 15.0 Å². The van der Waals surface area contributed by atoms with E-state index in [0.717, 1.165) is 5.69 Å². The minimum atomic E-state index is 0.0736. The third-order valence-corrected chi connectivity index (χ3v) is 1.17. The monoisotopic (exact) mass is 139 g/mol. The SMILES string of the molecule is C=Cc1cnnn1CCO. The molecule has 0 aromatic carbocycles. The molecular formula is C6H9N3O. The highest BCUT2D eigenvalue weighted by Gasteiger charge is 1.96. The lowest BCUT2D eigenvalue weighted by Crippen LogP contribution is -2.05. The van der Waals surface area contributed by atoms with Gasteiger partial charge in [0.25, 0.3) is 0 Å². The highest BCUT2D eigenvalue weighted by Crippen LogP contribution is 1.95. The molecule has 0 saturated heterocycles. The van der Waals surface area contributed by atoms with Crippen LogP contribution in [-0.2, 0) is 6.54 Å². The lowest BCUT2D eigenvalue weighted by molar-refractivity contribution is 0.267. The smallest absolute Gasteiger partial charge is 0.0808 e. The zero-order valence-corrected chi connectivity index (χ0v) is 5.56. The summed E-state index contributed by atoms with van der Waals surface area (Å²) >= 11 is 0. The number of aliphatic hydroxyl groups excluding tert-OH is 1. The minimum absolute atomic E-state index is 0.0736. The summed E-state index contributed by atoms with van der Waals surface area (Å²) in [6.07, 6.45) is 3.25. The first-order valence-corrected chi connectivity index (χ1v) is 3.00. The van der Waals surface area contributed by atoms with Gasteiger partial charge in [-0.1, -0.05) is 11.8 Å². The van der Waals surface area contributed by atoms with Crippen LogP contribution in [0, 0.1) is 0 Å². The predicted octanol–water partition coefficient (Wildman–Crippen LogP) is -0.0866. The molecule has 0 fully saturated rings. The average Bonchev–Trinajstić information content (AvgIpc) is 2.36. The number of hydrogen-bond acceptors (Lipinski definition) is 3. The first kappa shape index (κ1) is 6.95. The fourth-order valence-electron chi connectivity index (χ4n) is 0.692. The van der Waals surface area contributed by atoms with Gasteiger partial charge >= 0.3 is 0 Å². The van der Waals surface area contributed by atoms with E-state index in [9.17, 15) is 0 Å². The van der Waals surface area contributed by atoms with Crippen molar-refractivity contribution >= 4 is 6.08 Å². The van der Waals surface area contributed by atoms with Crippen LogP contribution in [0.3, 0.4) is 0 Å². The second kappa shape index (κ2) is 3.12. The molecule has 0 saturated carbocycles. The molecule has 1 heterocycles. The third kappa shape index (κ3) is 1.22. The van der Waals surface area contributed by atoms with Gasteiger partial charge in [0.2, 0.25) is 0 Å². The summed E-state index contributed by atoms with van der Waals surface area (Å²) < 4.78 is 1.59. The Balaban J connectivity index is 2.79. The number of hydrogen-bond donors (Lipinski definition) is 1. The Bertz CT molecular complexity index is 219. The fraction of sp³-hybridized carbons (Fsp3) is 0.333. The van der Waals surface area contributed by atoms with E-state index in [1.54, 1.807) is 17.0 Å². The molecule has 1 N–H and O–H groups in total. The molecule has 0 aliphatic rings. The van der Waals surface area contributed by atoms with Gasteiger partial charge in [0.15, 0.2) is 0 Å². The van der Waals surface area contributed by atoms with Crippen LogP contribution in [0.1, 0.15) is 5.69 Å². The summed E-state index contributed by atoms with van der Waals surface area (Å²) in [5.41, 5.74) is 0.828. The molecule has 0 aliphatic carbocycles. The number of nitrogens with zero attached hydrogens (tertiary/aromatic N) is 3. The van der Waals surface area contributed by atoms with E-state index in [-0.39, 0.29) is 6.61 Å². The van der Waals surface area contributed by atoms with Gasteiger partial charge in [-0.25, -0.2) is 4.68 Å². The zero-order valence-electron chi connectivity index (χ0n) is 5.56. The van der Waals surface area contributed by atoms with Crippen LogP contribution >= 0.6 is 0 Å². The van der Waals surface area contributed by atoms with Gasteiger partial charge in [0.05, 0.1) is 25.0 Å². The van der Waals surface area contributed by atoms with Crippen molar-refractivity contribution in [2.45, 2.75) is 6.54 Å². The van der Waals surface area contributed by atoms with Gasteiger partial charge in [-0.3, -0.25) is 0 Å². The molecule has 1 aromatic heterocycles. The van der Waals surface area contributed by atoms with Gasteiger partial charge in [-0.05, 0) is 6.08 Å². The van der Waals surface area contributed by atoms with E-state index in [1.165, 1.54) is 0 Å². The van der Waals surface area contributed by atoms with Crippen molar-refractivity contribution in [1.29, 1.82) is 0 Å². The largest absolute Gasteiger partial charge is 0.394 e. The third-order valence-electron chi connectivity index (χ3n) is 1.17. The predicted molar refractivity (Wildman–Crippen MR) is 37.2 cm³/mol. The summed E-state index contributed by atoms with van der Waals surface area (Å²) in [7, 11) is 0. The molecule has 0 radical (unpaired) electrons. The highest BCUT2D eigenvalue weighted by atomic mass is 16.3. The maximum Gasteiger partial charge on any atom is 0.0808 e. The minimum Gasteiger partial charge on any atom is -0.394 e. The molecular weight excluding hydrogens is 130 g/mol. The Morgan fingerprint density at radius 2 is 2.60 bits per heavy atom. The number of rotatable bonds is 3. The number of aliphatic hydroxyl groups is 1. The normalized spacial score (nSPS) is 9.70. The quantitative estimate of drug-likeness (QED) is 0.636. The molecule has 4 nitrogen and oxygen atoms in total. The van der Waals surface area contributed by atoms with Gasteiger partial charge < -0.3 is 5.11 Å². The number of aromatic nitrogens is 3. The molecule has 0 bridgehead atoms. The Labute approximate surface area is 58.8 Å². The lowest BCUT2D eigenvalue weighted by atomic mass is 10.4.